The zero-order valence-corrected chi connectivity index (χ0v) is 14.2. The van der Waals surface area contributed by atoms with Crippen LogP contribution in [0.5, 0.6) is 0 Å². The van der Waals surface area contributed by atoms with Crippen LogP contribution >= 0.6 is 27.3 Å². The summed E-state index contributed by atoms with van der Waals surface area (Å²) in [6.45, 7) is 5.69. The highest BCUT2D eigenvalue weighted by Crippen LogP contribution is 2.28. The smallest absolute Gasteiger partial charge is 0.346 e. The van der Waals surface area contributed by atoms with Crippen LogP contribution in [0.15, 0.2) is 22.8 Å². The van der Waals surface area contributed by atoms with E-state index in [2.05, 4.69) is 21.2 Å². The third-order valence-corrected chi connectivity index (χ3v) is 4.53. The Balaban J connectivity index is 2.26. The van der Waals surface area contributed by atoms with E-state index in [0.717, 1.165) is 15.8 Å². The molecule has 2 N–H and O–H groups in total. The molecule has 1 amide bonds. The maximum absolute atomic E-state index is 12.3. The number of carboxylic acid groups (broad SMARTS) is 1. The lowest BCUT2D eigenvalue weighted by atomic mass is 10.3. The lowest BCUT2D eigenvalue weighted by molar-refractivity contribution is 0.0701. The number of halogens is 1. The summed E-state index contributed by atoms with van der Waals surface area (Å²) >= 11 is 4.42. The quantitative estimate of drug-likeness (QED) is 0.848. The van der Waals surface area contributed by atoms with Gasteiger partial charge in [-0.1, -0.05) is 0 Å². The van der Waals surface area contributed by atoms with E-state index < -0.39 is 5.97 Å². The molecule has 0 radical (unpaired) electrons. The Morgan fingerprint density at radius 3 is 2.57 bits per heavy atom. The van der Waals surface area contributed by atoms with Gasteiger partial charge in [-0.3, -0.25) is 4.79 Å². The second kappa shape index (κ2) is 6.03. The van der Waals surface area contributed by atoms with Gasteiger partial charge in [0, 0.05) is 16.7 Å². The molecule has 2 aromatic heterocycles. The van der Waals surface area contributed by atoms with Crippen LogP contribution < -0.4 is 5.32 Å². The first-order chi connectivity index (χ1) is 9.79. The number of aromatic nitrogens is 1. The van der Waals surface area contributed by atoms with Crippen molar-refractivity contribution >= 4 is 44.1 Å². The van der Waals surface area contributed by atoms with Crippen LogP contribution in [-0.2, 0) is 0 Å². The third kappa shape index (κ3) is 3.36. The number of nitrogens with one attached hydrogen (secondary N) is 1. The number of hydrogen-bond donors (Lipinski definition) is 2. The molecule has 0 aliphatic rings. The first-order valence-electron chi connectivity index (χ1n) is 6.32. The van der Waals surface area contributed by atoms with Crippen LogP contribution in [0.25, 0.3) is 0 Å². The summed E-state index contributed by atoms with van der Waals surface area (Å²) in [7, 11) is 0. The predicted molar refractivity (Wildman–Crippen MR) is 86.5 cm³/mol. The summed E-state index contributed by atoms with van der Waals surface area (Å²) in [5.74, 6) is -1.24. The molecule has 0 aromatic carbocycles. The van der Waals surface area contributed by atoms with Crippen molar-refractivity contribution in [3.63, 3.8) is 0 Å². The average molecular weight is 371 g/mol. The van der Waals surface area contributed by atoms with Gasteiger partial charge in [-0.25, -0.2) is 4.79 Å². The van der Waals surface area contributed by atoms with Crippen LogP contribution in [0.4, 0.5) is 5.00 Å². The summed E-state index contributed by atoms with van der Waals surface area (Å²) in [6.07, 6.45) is 1.85. The third-order valence-electron chi connectivity index (χ3n) is 2.95. The first kappa shape index (κ1) is 15.8. The summed E-state index contributed by atoms with van der Waals surface area (Å²) in [5.41, 5.74) is 1.17. The number of aromatic carboxylic acids is 1. The molecule has 0 fully saturated rings. The molecule has 0 bridgehead atoms. The molecule has 2 heterocycles. The average Bonchev–Trinajstić information content (AvgIpc) is 2.92. The van der Waals surface area contributed by atoms with Crippen LogP contribution in [0.3, 0.4) is 0 Å². The van der Waals surface area contributed by atoms with E-state index in [1.807, 2.05) is 24.6 Å². The van der Waals surface area contributed by atoms with Gasteiger partial charge in [0.05, 0.1) is 5.00 Å². The molecule has 5 nitrogen and oxygen atoms in total. The Bertz CT molecular complexity index is 703. The van der Waals surface area contributed by atoms with Gasteiger partial charge in [0.1, 0.15) is 10.6 Å². The molecule has 7 heteroatoms. The molecule has 2 aromatic rings. The zero-order chi connectivity index (χ0) is 15.7. The van der Waals surface area contributed by atoms with E-state index >= 15 is 0 Å². The summed E-state index contributed by atoms with van der Waals surface area (Å²) in [4.78, 5) is 23.6. The molecule has 21 heavy (non-hydrogen) atoms. The number of hydrogen-bond acceptors (Lipinski definition) is 3. The highest BCUT2D eigenvalue weighted by Gasteiger charge is 2.18. The fraction of sp³-hybridized carbons (Fsp3) is 0.286. The fourth-order valence-corrected chi connectivity index (χ4v) is 3.33. The minimum atomic E-state index is -0.980. The number of carboxylic acids is 1. The number of carbonyl (C=O) groups excluding carboxylic acids is 1. The Kier molecular flexibility index (Phi) is 4.53. The van der Waals surface area contributed by atoms with Crippen molar-refractivity contribution < 1.29 is 14.7 Å². The van der Waals surface area contributed by atoms with Gasteiger partial charge in [0.15, 0.2) is 0 Å². The van der Waals surface area contributed by atoms with Crippen LogP contribution in [-0.4, -0.2) is 21.6 Å². The number of carbonyl (C=O) groups is 2. The molecule has 0 spiro atoms. The summed E-state index contributed by atoms with van der Waals surface area (Å²) in [6, 6.07) is 3.56. The minimum Gasteiger partial charge on any atom is -0.477 e. The standard InChI is InChI=1S/C14H15BrN2O3S/c1-7(2)17-6-9(15)5-10(17)13(18)16-11-4-8(3)12(21-11)14(19)20/h4-7H,1-3H3,(H,16,18)(H,19,20). The molecule has 0 atom stereocenters. The number of nitrogens with zero attached hydrogens (tertiary/aromatic N) is 1. The van der Waals surface area contributed by atoms with Gasteiger partial charge in [-0.15, -0.1) is 11.3 Å². The molecular formula is C14H15BrN2O3S. The van der Waals surface area contributed by atoms with Crippen molar-refractivity contribution in [2.75, 3.05) is 5.32 Å². The van der Waals surface area contributed by atoms with Crippen molar-refractivity contribution in [1.29, 1.82) is 0 Å². The Morgan fingerprint density at radius 1 is 1.38 bits per heavy atom. The topological polar surface area (TPSA) is 71.3 Å². The fourth-order valence-electron chi connectivity index (χ4n) is 1.99. The van der Waals surface area contributed by atoms with Crippen molar-refractivity contribution in [3.8, 4) is 0 Å². The molecule has 0 saturated carbocycles. The van der Waals surface area contributed by atoms with E-state index in [9.17, 15) is 9.59 Å². The Hall–Kier alpha value is -1.60. The summed E-state index contributed by atoms with van der Waals surface area (Å²) in [5, 5.41) is 12.3. The van der Waals surface area contributed by atoms with Crippen molar-refractivity contribution in [3.05, 3.63) is 38.9 Å². The highest BCUT2D eigenvalue weighted by molar-refractivity contribution is 9.10. The van der Waals surface area contributed by atoms with E-state index in [1.165, 1.54) is 0 Å². The van der Waals surface area contributed by atoms with Crippen LogP contribution in [0.1, 0.15) is 45.6 Å². The van der Waals surface area contributed by atoms with E-state index in [4.69, 9.17) is 5.11 Å². The Labute approximate surface area is 134 Å². The van der Waals surface area contributed by atoms with E-state index in [0.29, 0.717) is 16.3 Å². The number of rotatable bonds is 4. The maximum Gasteiger partial charge on any atom is 0.346 e. The normalized spacial score (nSPS) is 10.9. The first-order valence-corrected chi connectivity index (χ1v) is 7.93. The van der Waals surface area contributed by atoms with Gasteiger partial charge in [0.25, 0.3) is 5.91 Å². The van der Waals surface area contributed by atoms with Gasteiger partial charge < -0.3 is 15.0 Å². The van der Waals surface area contributed by atoms with Crippen LogP contribution in [0, 0.1) is 6.92 Å². The lowest BCUT2D eigenvalue weighted by Crippen LogP contribution is -2.17. The number of aryl methyl sites for hydroxylation is 1. The van der Waals surface area contributed by atoms with Crippen molar-refractivity contribution in [2.45, 2.75) is 26.8 Å². The molecule has 0 aliphatic heterocycles. The Morgan fingerprint density at radius 2 is 2.05 bits per heavy atom. The summed E-state index contributed by atoms with van der Waals surface area (Å²) < 4.78 is 2.69. The SMILES string of the molecule is Cc1cc(NC(=O)c2cc(Br)cn2C(C)C)sc1C(=O)O. The highest BCUT2D eigenvalue weighted by atomic mass is 79.9. The second-order valence-corrected chi connectivity index (χ2v) is 6.89. The molecule has 2 rings (SSSR count). The predicted octanol–water partition coefficient (Wildman–Crippen LogP) is 4.15. The van der Waals surface area contributed by atoms with E-state index in [1.54, 1.807) is 19.1 Å². The number of amides is 1. The largest absolute Gasteiger partial charge is 0.477 e. The minimum absolute atomic E-state index is 0.150. The zero-order valence-electron chi connectivity index (χ0n) is 11.8. The number of thiophene rings is 1. The van der Waals surface area contributed by atoms with Crippen molar-refractivity contribution in [1.82, 2.24) is 4.57 Å². The van der Waals surface area contributed by atoms with Gasteiger partial charge in [0.2, 0.25) is 0 Å². The number of anilines is 1. The van der Waals surface area contributed by atoms with Crippen molar-refractivity contribution in [2.24, 2.45) is 0 Å². The molecule has 0 unspecified atom stereocenters. The van der Waals surface area contributed by atoms with Gasteiger partial charge in [-0.05, 0) is 54.4 Å². The molecule has 112 valence electrons. The van der Waals surface area contributed by atoms with Crippen LogP contribution in [0.2, 0.25) is 0 Å². The van der Waals surface area contributed by atoms with Gasteiger partial charge in [-0.2, -0.15) is 0 Å². The lowest BCUT2D eigenvalue weighted by Gasteiger charge is -2.12. The molecular weight excluding hydrogens is 356 g/mol. The van der Waals surface area contributed by atoms with Gasteiger partial charge >= 0.3 is 5.97 Å². The van der Waals surface area contributed by atoms with E-state index in [-0.39, 0.29) is 16.8 Å². The maximum atomic E-state index is 12.3. The molecule has 0 aliphatic carbocycles. The molecule has 0 saturated heterocycles. The monoisotopic (exact) mass is 370 g/mol. The second-order valence-electron chi connectivity index (χ2n) is 4.93.